The van der Waals surface area contributed by atoms with E-state index in [0.29, 0.717) is 19.2 Å². The number of piperidine rings is 2. The number of halogens is 1. The lowest BCUT2D eigenvalue weighted by molar-refractivity contribution is -0.943. The summed E-state index contributed by atoms with van der Waals surface area (Å²) in [6.45, 7) is 4.54. The van der Waals surface area contributed by atoms with Crippen LogP contribution in [0.25, 0.3) is 11.1 Å². The Balaban J connectivity index is 1.29. The molecule has 3 heterocycles. The molecule has 3 aliphatic rings. The third kappa shape index (κ3) is 6.91. The zero-order chi connectivity index (χ0) is 28.8. The van der Waals surface area contributed by atoms with Crippen molar-refractivity contribution in [2.75, 3.05) is 46.9 Å². The normalized spacial score (nSPS) is 25.9. The van der Waals surface area contributed by atoms with E-state index >= 15 is 0 Å². The number of aliphatic hydroxyl groups is 1. The van der Waals surface area contributed by atoms with Gasteiger partial charge in [0.25, 0.3) is 5.91 Å². The first-order valence-corrected chi connectivity index (χ1v) is 15.2. The highest BCUT2D eigenvalue weighted by Crippen LogP contribution is 2.32. The van der Waals surface area contributed by atoms with E-state index in [0.717, 1.165) is 91.6 Å². The van der Waals surface area contributed by atoms with Crippen LogP contribution in [0.15, 0.2) is 72.6 Å². The van der Waals surface area contributed by atoms with Gasteiger partial charge < -0.3 is 24.1 Å². The molecular weight excluding hydrogens is 517 g/mol. The number of methoxy groups -OCH3 is 1. The number of aliphatic hydroxyl groups excluding tert-OH is 1. The van der Waals surface area contributed by atoms with Crippen molar-refractivity contribution in [3.8, 4) is 11.1 Å². The van der Waals surface area contributed by atoms with Gasteiger partial charge in [-0.1, -0.05) is 48.6 Å². The molecule has 220 valence electrons. The summed E-state index contributed by atoms with van der Waals surface area (Å²) < 4.78 is 20.0. The van der Waals surface area contributed by atoms with Crippen molar-refractivity contribution in [1.29, 1.82) is 0 Å². The van der Waals surface area contributed by atoms with Gasteiger partial charge in [-0.05, 0) is 48.1 Å². The van der Waals surface area contributed by atoms with Crippen LogP contribution in [0.3, 0.4) is 0 Å². The molecule has 0 radical (unpaired) electrons. The molecule has 7 heteroatoms. The highest BCUT2D eigenvalue weighted by Gasteiger charge is 2.43. The summed E-state index contributed by atoms with van der Waals surface area (Å²) in [6.07, 6.45) is 11.7. The van der Waals surface area contributed by atoms with Gasteiger partial charge in [0.1, 0.15) is 11.5 Å². The minimum Gasteiger partial charge on any atom is -0.392 e. The highest BCUT2D eigenvalue weighted by molar-refractivity contribution is 5.93. The van der Waals surface area contributed by atoms with Crippen molar-refractivity contribution in [1.82, 2.24) is 9.80 Å². The number of amides is 1. The molecule has 3 aliphatic heterocycles. The Hall–Kier alpha value is -3.00. The van der Waals surface area contributed by atoms with Gasteiger partial charge in [-0.25, -0.2) is 4.39 Å². The van der Waals surface area contributed by atoms with E-state index in [4.69, 9.17) is 4.74 Å². The highest BCUT2D eigenvalue weighted by atomic mass is 19.1. The van der Waals surface area contributed by atoms with Crippen molar-refractivity contribution in [2.45, 2.75) is 57.2 Å². The number of ether oxygens (including phenoxy) is 1. The van der Waals surface area contributed by atoms with E-state index in [2.05, 4.69) is 42.4 Å². The van der Waals surface area contributed by atoms with Gasteiger partial charge in [0.15, 0.2) is 0 Å². The van der Waals surface area contributed by atoms with E-state index in [-0.39, 0.29) is 23.7 Å². The Morgan fingerprint density at radius 2 is 1.83 bits per heavy atom. The maximum Gasteiger partial charge on any atom is 0.270 e. The van der Waals surface area contributed by atoms with Crippen LogP contribution in [-0.2, 0) is 16.1 Å². The van der Waals surface area contributed by atoms with E-state index in [9.17, 15) is 14.3 Å². The molecule has 0 bridgehead atoms. The monoisotopic (exact) mass is 562 g/mol. The Morgan fingerprint density at radius 1 is 1.07 bits per heavy atom. The molecule has 1 amide bonds. The third-order valence-corrected chi connectivity index (χ3v) is 9.39. The van der Waals surface area contributed by atoms with E-state index in [1.54, 1.807) is 7.11 Å². The van der Waals surface area contributed by atoms with Crippen molar-refractivity contribution in [3.63, 3.8) is 0 Å². The summed E-state index contributed by atoms with van der Waals surface area (Å²) in [5.74, 6) is 0.0149. The van der Waals surface area contributed by atoms with Crippen LogP contribution in [0.5, 0.6) is 0 Å². The van der Waals surface area contributed by atoms with Gasteiger partial charge in [-0.2, -0.15) is 0 Å². The van der Waals surface area contributed by atoms with Gasteiger partial charge >= 0.3 is 0 Å². The molecular formula is C34H45FN3O3+. The van der Waals surface area contributed by atoms with Gasteiger partial charge in [-0.3, -0.25) is 4.79 Å². The van der Waals surface area contributed by atoms with Crippen LogP contribution in [0, 0.1) is 11.7 Å². The standard InChI is InChI=1S/C34H45FN3O3/c1-38(22-18-33(39)28(24-38)25-41-2)30-16-20-36(21-17-30)34(40)32-11-5-3-4-8-19-37(32)23-27-9-6-7-10-31(27)26-12-14-29(35)15-13-26/h6-15,19,28,30,33,39H,3-5,16-18,20-25H2,1-2H3/q+1. The van der Waals surface area contributed by atoms with Crippen molar-refractivity contribution in [3.05, 3.63) is 84.0 Å². The van der Waals surface area contributed by atoms with Gasteiger partial charge in [-0.15, -0.1) is 0 Å². The lowest BCUT2D eigenvalue weighted by Crippen LogP contribution is -2.63. The molecule has 2 fully saturated rings. The largest absolute Gasteiger partial charge is 0.392 e. The quantitative estimate of drug-likeness (QED) is 0.463. The second kappa shape index (κ2) is 13.3. The number of rotatable bonds is 7. The summed E-state index contributed by atoms with van der Waals surface area (Å²) >= 11 is 0. The summed E-state index contributed by atoms with van der Waals surface area (Å²) in [4.78, 5) is 18.2. The fourth-order valence-electron chi connectivity index (χ4n) is 6.95. The van der Waals surface area contributed by atoms with Gasteiger partial charge in [0, 0.05) is 52.2 Å². The van der Waals surface area contributed by atoms with E-state index in [1.807, 2.05) is 29.2 Å². The molecule has 6 nitrogen and oxygen atoms in total. The predicted molar refractivity (Wildman–Crippen MR) is 160 cm³/mol. The lowest BCUT2D eigenvalue weighted by atomic mass is 9.89. The Labute approximate surface area is 244 Å². The fraction of sp³-hybridized carbons (Fsp3) is 0.500. The number of nitrogens with zero attached hydrogens (tertiary/aromatic N) is 3. The average molecular weight is 563 g/mol. The van der Waals surface area contributed by atoms with Crippen LogP contribution < -0.4 is 0 Å². The third-order valence-electron chi connectivity index (χ3n) is 9.39. The molecule has 0 saturated carbocycles. The maximum atomic E-state index is 14.0. The van der Waals surface area contributed by atoms with Crippen LogP contribution in [-0.4, -0.2) is 84.4 Å². The summed E-state index contributed by atoms with van der Waals surface area (Å²) in [5.41, 5.74) is 3.85. The molecule has 0 aliphatic carbocycles. The first-order valence-electron chi connectivity index (χ1n) is 15.2. The fourth-order valence-corrected chi connectivity index (χ4v) is 6.95. The summed E-state index contributed by atoms with van der Waals surface area (Å²) in [7, 11) is 4.03. The Kier molecular flexibility index (Phi) is 9.58. The molecule has 41 heavy (non-hydrogen) atoms. The molecule has 0 aromatic heterocycles. The second-order valence-electron chi connectivity index (χ2n) is 12.2. The smallest absolute Gasteiger partial charge is 0.270 e. The summed E-state index contributed by atoms with van der Waals surface area (Å²) in [6, 6.07) is 15.3. The zero-order valence-corrected chi connectivity index (χ0v) is 24.6. The topological polar surface area (TPSA) is 53.0 Å². The average Bonchev–Trinajstić information content (AvgIpc) is 2.97. The zero-order valence-electron chi connectivity index (χ0n) is 24.6. The number of allylic oxidation sites excluding steroid dienone is 2. The van der Waals surface area contributed by atoms with Crippen molar-refractivity contribution in [2.24, 2.45) is 5.92 Å². The van der Waals surface area contributed by atoms with Crippen LogP contribution in [0.1, 0.15) is 44.1 Å². The molecule has 5 rings (SSSR count). The molecule has 3 unspecified atom stereocenters. The van der Waals surface area contributed by atoms with Crippen LogP contribution in [0.4, 0.5) is 4.39 Å². The molecule has 2 aromatic carbocycles. The van der Waals surface area contributed by atoms with Crippen LogP contribution in [0.2, 0.25) is 0 Å². The molecule has 3 atom stereocenters. The molecule has 1 N–H and O–H groups in total. The maximum absolute atomic E-state index is 14.0. The van der Waals surface area contributed by atoms with E-state index in [1.165, 1.54) is 12.1 Å². The number of quaternary nitrogens is 1. The Bertz CT molecular complexity index is 1240. The molecule has 0 spiro atoms. The van der Waals surface area contributed by atoms with E-state index < -0.39 is 0 Å². The first kappa shape index (κ1) is 29.5. The minimum absolute atomic E-state index is 0.100. The number of likely N-dealkylation sites (tertiary alicyclic amines) is 2. The number of carbonyl (C=O) groups is 1. The summed E-state index contributed by atoms with van der Waals surface area (Å²) in [5, 5.41) is 10.5. The minimum atomic E-state index is -0.290. The lowest BCUT2D eigenvalue weighted by Gasteiger charge is -2.50. The number of benzene rings is 2. The van der Waals surface area contributed by atoms with Gasteiger partial charge in [0.2, 0.25) is 0 Å². The predicted octanol–water partition coefficient (Wildman–Crippen LogP) is 5.34. The number of carbonyl (C=O) groups excluding carboxylic acids is 1. The van der Waals surface area contributed by atoms with Crippen molar-refractivity contribution >= 4 is 5.91 Å². The van der Waals surface area contributed by atoms with Gasteiger partial charge in [0.05, 0.1) is 44.8 Å². The number of hydrogen-bond donors (Lipinski definition) is 1. The SMILES string of the molecule is COCC1C[N+](C)(C2CCN(C(=O)C3=CCCCC=CN3Cc3ccccc3-c3ccc(F)cc3)CC2)CCC1O. The second-order valence-corrected chi connectivity index (χ2v) is 12.2. The van der Waals surface area contributed by atoms with Crippen LogP contribution >= 0.6 is 0 Å². The molecule has 2 saturated heterocycles. The Morgan fingerprint density at radius 3 is 2.59 bits per heavy atom. The van der Waals surface area contributed by atoms with Crippen molar-refractivity contribution < 1.29 is 23.5 Å². The molecule has 2 aromatic rings. The number of hydrogen-bond acceptors (Lipinski definition) is 4. The first-order chi connectivity index (χ1) is 19.9.